The van der Waals surface area contributed by atoms with Crippen LogP contribution in [0.15, 0.2) is 34.8 Å². The first-order valence-electron chi connectivity index (χ1n) is 6.40. The van der Waals surface area contributed by atoms with E-state index in [4.69, 9.17) is 5.73 Å². The summed E-state index contributed by atoms with van der Waals surface area (Å²) in [6.07, 6.45) is 0. The zero-order valence-electron chi connectivity index (χ0n) is 11.6. The van der Waals surface area contributed by atoms with Gasteiger partial charge in [0.25, 0.3) is 5.91 Å². The number of hydrogen-bond acceptors (Lipinski definition) is 3. The fourth-order valence-corrected chi connectivity index (χ4v) is 2.53. The van der Waals surface area contributed by atoms with Gasteiger partial charge in [0.15, 0.2) is 5.82 Å². The van der Waals surface area contributed by atoms with Gasteiger partial charge in [-0.2, -0.15) is 5.10 Å². The number of hydrogen-bond donors (Lipinski definition) is 1. The van der Waals surface area contributed by atoms with Crippen molar-refractivity contribution in [1.82, 2.24) is 14.8 Å². The average molecular weight is 345 g/mol. The molecule has 3 rings (SSSR count). The summed E-state index contributed by atoms with van der Waals surface area (Å²) in [4.78, 5) is 16.3. The van der Waals surface area contributed by atoms with E-state index in [2.05, 4.69) is 26.0 Å². The van der Waals surface area contributed by atoms with Gasteiger partial charge < -0.3 is 5.73 Å². The predicted molar refractivity (Wildman–Crippen MR) is 84.6 cm³/mol. The molecule has 6 heteroatoms. The third-order valence-corrected chi connectivity index (χ3v) is 4.52. The number of halogens is 1. The number of primary amides is 1. The monoisotopic (exact) mass is 344 g/mol. The summed E-state index contributed by atoms with van der Waals surface area (Å²) in [6, 6.07) is 9.35. The molecule has 0 saturated carbocycles. The van der Waals surface area contributed by atoms with Crippen molar-refractivity contribution >= 4 is 32.7 Å². The number of carbonyl (C=O) groups is 1. The van der Waals surface area contributed by atoms with Gasteiger partial charge in [0.2, 0.25) is 0 Å². The smallest absolute Gasteiger partial charge is 0.252 e. The number of amides is 1. The fourth-order valence-electron chi connectivity index (χ4n) is 2.28. The quantitative estimate of drug-likeness (QED) is 0.776. The molecule has 0 aliphatic heterocycles. The molecule has 2 N–H and O–H groups in total. The minimum atomic E-state index is -0.521. The number of pyridine rings is 1. The SMILES string of the molecule is Cc1nn(-c2nc3ccccc3cc2C(N)=O)c(C)c1Br. The number of nitrogens with zero attached hydrogens (tertiary/aromatic N) is 3. The third kappa shape index (κ3) is 2.21. The van der Waals surface area contributed by atoms with Crippen LogP contribution >= 0.6 is 15.9 Å². The van der Waals surface area contributed by atoms with Crippen molar-refractivity contribution in [1.29, 1.82) is 0 Å². The lowest BCUT2D eigenvalue weighted by Gasteiger charge is -2.09. The van der Waals surface area contributed by atoms with Gasteiger partial charge in [0, 0.05) is 5.39 Å². The van der Waals surface area contributed by atoms with Crippen molar-refractivity contribution in [3.63, 3.8) is 0 Å². The van der Waals surface area contributed by atoms with Crippen LogP contribution in [0, 0.1) is 13.8 Å². The summed E-state index contributed by atoms with van der Waals surface area (Å²) in [5, 5.41) is 5.30. The Balaban J connectivity index is 2.36. The van der Waals surface area contributed by atoms with E-state index in [1.165, 1.54) is 0 Å². The van der Waals surface area contributed by atoms with E-state index in [1.807, 2.05) is 38.1 Å². The average Bonchev–Trinajstić information content (AvgIpc) is 2.73. The fraction of sp³-hybridized carbons (Fsp3) is 0.133. The zero-order valence-corrected chi connectivity index (χ0v) is 13.2. The maximum absolute atomic E-state index is 11.8. The van der Waals surface area contributed by atoms with E-state index in [0.29, 0.717) is 11.4 Å². The topological polar surface area (TPSA) is 73.8 Å². The minimum Gasteiger partial charge on any atom is -0.365 e. The van der Waals surface area contributed by atoms with Gasteiger partial charge in [-0.3, -0.25) is 4.79 Å². The van der Waals surface area contributed by atoms with E-state index in [1.54, 1.807) is 10.7 Å². The molecular weight excluding hydrogens is 332 g/mol. The summed E-state index contributed by atoms with van der Waals surface area (Å²) in [5.41, 5.74) is 8.36. The van der Waals surface area contributed by atoms with Gasteiger partial charge in [-0.1, -0.05) is 18.2 Å². The first kappa shape index (κ1) is 13.8. The van der Waals surface area contributed by atoms with Crippen LogP contribution in [-0.4, -0.2) is 20.7 Å². The van der Waals surface area contributed by atoms with Gasteiger partial charge in [-0.25, -0.2) is 9.67 Å². The zero-order chi connectivity index (χ0) is 15.1. The number of fused-ring (bicyclic) bond motifs is 1. The highest BCUT2D eigenvalue weighted by Crippen LogP contribution is 2.25. The van der Waals surface area contributed by atoms with Crippen LogP contribution < -0.4 is 5.73 Å². The number of carbonyl (C=O) groups excluding carboxylic acids is 1. The van der Waals surface area contributed by atoms with Crippen LogP contribution in [-0.2, 0) is 0 Å². The van der Waals surface area contributed by atoms with E-state index in [9.17, 15) is 4.79 Å². The number of rotatable bonds is 2. The summed E-state index contributed by atoms with van der Waals surface area (Å²) < 4.78 is 2.54. The van der Waals surface area contributed by atoms with Gasteiger partial charge >= 0.3 is 0 Å². The molecule has 0 radical (unpaired) electrons. The summed E-state index contributed by atoms with van der Waals surface area (Å²) in [7, 11) is 0. The Morgan fingerprint density at radius 2 is 2.00 bits per heavy atom. The Kier molecular flexibility index (Phi) is 3.25. The molecule has 106 valence electrons. The first-order chi connectivity index (χ1) is 9.99. The Hall–Kier alpha value is -2.21. The van der Waals surface area contributed by atoms with Crippen LogP contribution in [0.3, 0.4) is 0 Å². The standard InChI is InChI=1S/C15H13BrN4O/c1-8-13(16)9(2)20(19-8)15-11(14(17)21)7-10-5-3-4-6-12(10)18-15/h3-7H,1-2H3,(H2,17,21). The molecule has 0 spiro atoms. The molecule has 1 aromatic carbocycles. The second kappa shape index (κ2) is 4.96. The Morgan fingerprint density at radius 3 is 2.62 bits per heavy atom. The van der Waals surface area contributed by atoms with Crippen molar-refractivity contribution in [2.24, 2.45) is 5.73 Å². The molecule has 5 nitrogen and oxygen atoms in total. The minimum absolute atomic E-state index is 0.354. The third-order valence-electron chi connectivity index (χ3n) is 3.37. The van der Waals surface area contributed by atoms with Crippen LogP contribution in [0.25, 0.3) is 16.7 Å². The number of nitrogens with two attached hydrogens (primary N) is 1. The molecule has 0 fully saturated rings. The van der Waals surface area contributed by atoms with E-state index < -0.39 is 5.91 Å². The second-order valence-corrected chi connectivity index (χ2v) is 5.61. The lowest BCUT2D eigenvalue weighted by atomic mass is 10.1. The van der Waals surface area contributed by atoms with Gasteiger partial charge in [0.1, 0.15) is 0 Å². The van der Waals surface area contributed by atoms with E-state index >= 15 is 0 Å². The lowest BCUT2D eigenvalue weighted by Crippen LogP contribution is -2.17. The predicted octanol–water partition coefficient (Wildman–Crippen LogP) is 2.90. The molecule has 0 saturated heterocycles. The Labute approximate surface area is 129 Å². The number of para-hydroxylation sites is 1. The molecule has 0 bridgehead atoms. The van der Waals surface area contributed by atoms with Crippen LogP contribution in [0.4, 0.5) is 0 Å². The number of aryl methyl sites for hydroxylation is 1. The van der Waals surface area contributed by atoms with Gasteiger partial charge in [-0.05, 0) is 41.9 Å². The summed E-state index contributed by atoms with van der Waals surface area (Å²) in [5.74, 6) is -0.0700. The molecule has 0 aliphatic carbocycles. The first-order valence-corrected chi connectivity index (χ1v) is 7.20. The molecule has 2 heterocycles. The molecule has 21 heavy (non-hydrogen) atoms. The lowest BCUT2D eigenvalue weighted by molar-refractivity contribution is 0.1000. The van der Waals surface area contributed by atoms with Gasteiger partial charge in [-0.15, -0.1) is 0 Å². The molecular formula is C15H13BrN4O. The molecule has 1 amide bonds. The Bertz CT molecular complexity index is 869. The molecule has 0 atom stereocenters. The van der Waals surface area contributed by atoms with Crippen LogP contribution in [0.2, 0.25) is 0 Å². The number of benzene rings is 1. The summed E-state index contributed by atoms with van der Waals surface area (Å²) in [6.45, 7) is 3.80. The highest BCUT2D eigenvalue weighted by molar-refractivity contribution is 9.10. The van der Waals surface area contributed by atoms with E-state index in [0.717, 1.165) is 26.8 Å². The number of aromatic nitrogens is 3. The highest BCUT2D eigenvalue weighted by atomic mass is 79.9. The Morgan fingerprint density at radius 1 is 1.29 bits per heavy atom. The van der Waals surface area contributed by atoms with Gasteiger partial charge in [0.05, 0.1) is 26.9 Å². The molecule has 0 unspecified atom stereocenters. The van der Waals surface area contributed by atoms with Crippen LogP contribution in [0.1, 0.15) is 21.7 Å². The molecule has 2 aromatic heterocycles. The second-order valence-electron chi connectivity index (χ2n) is 4.81. The summed E-state index contributed by atoms with van der Waals surface area (Å²) >= 11 is 3.48. The largest absolute Gasteiger partial charge is 0.365 e. The molecule has 3 aromatic rings. The van der Waals surface area contributed by atoms with Crippen molar-refractivity contribution in [3.8, 4) is 5.82 Å². The van der Waals surface area contributed by atoms with Crippen LogP contribution in [0.5, 0.6) is 0 Å². The maximum atomic E-state index is 11.8. The van der Waals surface area contributed by atoms with Crippen molar-refractivity contribution in [3.05, 3.63) is 51.8 Å². The van der Waals surface area contributed by atoms with Crippen molar-refractivity contribution < 1.29 is 4.79 Å². The van der Waals surface area contributed by atoms with E-state index in [-0.39, 0.29) is 0 Å². The normalized spacial score (nSPS) is 11.0. The van der Waals surface area contributed by atoms with Crippen molar-refractivity contribution in [2.45, 2.75) is 13.8 Å². The molecule has 0 aliphatic rings. The maximum Gasteiger partial charge on any atom is 0.252 e. The highest BCUT2D eigenvalue weighted by Gasteiger charge is 2.18. The van der Waals surface area contributed by atoms with Crippen molar-refractivity contribution in [2.75, 3.05) is 0 Å².